The van der Waals surface area contributed by atoms with E-state index in [1.807, 2.05) is 24.3 Å². The van der Waals surface area contributed by atoms with Gasteiger partial charge in [0.25, 0.3) is 5.91 Å². The minimum Gasteiger partial charge on any atom is -0.382 e. The molecule has 1 aromatic rings. The van der Waals surface area contributed by atoms with Gasteiger partial charge in [-0.05, 0) is 62.3 Å². The van der Waals surface area contributed by atoms with E-state index < -0.39 is 0 Å². The molecule has 3 rings (SSSR count). The predicted octanol–water partition coefficient (Wildman–Crippen LogP) is 3.18. The Bertz CT molecular complexity index is 472. The Morgan fingerprint density at radius 2 is 1.89 bits per heavy atom. The monoisotopic (exact) mass is 258 g/mol. The highest BCUT2D eigenvalue weighted by atomic mass is 16.1. The second-order valence-corrected chi connectivity index (χ2v) is 6.35. The van der Waals surface area contributed by atoms with Gasteiger partial charge < -0.3 is 10.6 Å². The summed E-state index contributed by atoms with van der Waals surface area (Å²) in [4.78, 5) is 11.9. The van der Waals surface area contributed by atoms with Crippen LogP contribution in [-0.2, 0) is 0 Å². The summed E-state index contributed by atoms with van der Waals surface area (Å²) in [5.74, 6) is 0.0521. The van der Waals surface area contributed by atoms with E-state index in [0.29, 0.717) is 17.5 Å². The van der Waals surface area contributed by atoms with Crippen LogP contribution < -0.4 is 10.6 Å². The van der Waals surface area contributed by atoms with E-state index in [1.165, 1.54) is 12.8 Å². The van der Waals surface area contributed by atoms with Crippen LogP contribution in [0, 0.1) is 5.41 Å². The Kier molecular flexibility index (Phi) is 3.00. The molecule has 2 fully saturated rings. The van der Waals surface area contributed by atoms with Crippen molar-refractivity contribution in [2.45, 2.75) is 51.6 Å². The van der Waals surface area contributed by atoms with Crippen molar-refractivity contribution in [2.75, 3.05) is 5.32 Å². The smallest absolute Gasteiger partial charge is 0.251 e. The molecule has 0 radical (unpaired) electrons. The molecule has 0 aliphatic heterocycles. The molecule has 2 aliphatic carbocycles. The average Bonchev–Trinajstić information content (AvgIpc) is 3.29. The summed E-state index contributed by atoms with van der Waals surface area (Å²) in [5, 5.41) is 6.54. The average molecular weight is 258 g/mol. The van der Waals surface area contributed by atoms with Crippen LogP contribution in [0.1, 0.15) is 49.9 Å². The van der Waals surface area contributed by atoms with Crippen LogP contribution in [-0.4, -0.2) is 18.0 Å². The minimum atomic E-state index is 0.0521. The van der Waals surface area contributed by atoms with Crippen molar-refractivity contribution in [1.82, 2.24) is 5.32 Å². The van der Waals surface area contributed by atoms with Crippen LogP contribution in [0.15, 0.2) is 24.3 Å². The zero-order valence-electron chi connectivity index (χ0n) is 11.7. The van der Waals surface area contributed by atoms with Crippen LogP contribution in [0.5, 0.6) is 0 Å². The molecule has 1 atom stereocenters. The first kappa shape index (κ1) is 12.5. The highest BCUT2D eigenvalue weighted by molar-refractivity contribution is 5.94. The second kappa shape index (κ2) is 4.55. The van der Waals surface area contributed by atoms with Crippen molar-refractivity contribution >= 4 is 11.6 Å². The second-order valence-electron chi connectivity index (χ2n) is 6.35. The van der Waals surface area contributed by atoms with Gasteiger partial charge in [-0.1, -0.05) is 6.92 Å². The van der Waals surface area contributed by atoms with Gasteiger partial charge in [0, 0.05) is 23.3 Å². The third-order valence-electron chi connectivity index (χ3n) is 4.53. The SMILES string of the molecule is CC(Nc1ccc(C(=O)NC2CC2)cc1)C1(C)CC1. The molecule has 1 amide bonds. The van der Waals surface area contributed by atoms with Gasteiger partial charge in [0.2, 0.25) is 0 Å². The van der Waals surface area contributed by atoms with Gasteiger partial charge in [-0.15, -0.1) is 0 Å². The van der Waals surface area contributed by atoms with E-state index in [4.69, 9.17) is 0 Å². The van der Waals surface area contributed by atoms with E-state index in [9.17, 15) is 4.79 Å². The lowest BCUT2D eigenvalue weighted by atomic mass is 10.0. The topological polar surface area (TPSA) is 41.1 Å². The Hall–Kier alpha value is -1.51. The van der Waals surface area contributed by atoms with Crippen LogP contribution in [0.2, 0.25) is 0 Å². The summed E-state index contributed by atoms with van der Waals surface area (Å²) in [6, 6.07) is 8.72. The maximum atomic E-state index is 11.9. The van der Waals surface area contributed by atoms with Gasteiger partial charge in [-0.2, -0.15) is 0 Å². The summed E-state index contributed by atoms with van der Waals surface area (Å²) in [5.41, 5.74) is 2.31. The van der Waals surface area contributed by atoms with Gasteiger partial charge in [0.15, 0.2) is 0 Å². The van der Waals surface area contributed by atoms with E-state index >= 15 is 0 Å². The maximum absolute atomic E-state index is 11.9. The van der Waals surface area contributed by atoms with Crippen LogP contribution in [0.3, 0.4) is 0 Å². The highest BCUT2D eigenvalue weighted by Crippen LogP contribution is 2.48. The molecule has 3 nitrogen and oxygen atoms in total. The fourth-order valence-electron chi connectivity index (χ4n) is 2.27. The number of carbonyl (C=O) groups is 1. The van der Waals surface area contributed by atoms with Crippen molar-refractivity contribution in [3.63, 3.8) is 0 Å². The van der Waals surface area contributed by atoms with Gasteiger partial charge >= 0.3 is 0 Å². The van der Waals surface area contributed by atoms with Gasteiger partial charge in [0.05, 0.1) is 0 Å². The largest absolute Gasteiger partial charge is 0.382 e. The quantitative estimate of drug-likeness (QED) is 0.851. The molecule has 2 aliphatic rings. The van der Waals surface area contributed by atoms with Crippen molar-refractivity contribution in [1.29, 1.82) is 0 Å². The minimum absolute atomic E-state index is 0.0521. The zero-order chi connectivity index (χ0) is 13.5. The zero-order valence-corrected chi connectivity index (χ0v) is 11.7. The number of amides is 1. The summed E-state index contributed by atoms with van der Waals surface area (Å²) >= 11 is 0. The Balaban J connectivity index is 1.60. The molecule has 0 bridgehead atoms. The maximum Gasteiger partial charge on any atom is 0.251 e. The molecule has 1 aromatic carbocycles. The highest BCUT2D eigenvalue weighted by Gasteiger charge is 2.42. The molecule has 3 heteroatoms. The molecule has 102 valence electrons. The molecule has 0 saturated heterocycles. The predicted molar refractivity (Wildman–Crippen MR) is 77.4 cm³/mol. The van der Waals surface area contributed by atoms with Crippen molar-refractivity contribution in [2.24, 2.45) is 5.41 Å². The van der Waals surface area contributed by atoms with Gasteiger partial charge in [0.1, 0.15) is 0 Å². The molecular weight excluding hydrogens is 236 g/mol. The number of nitrogens with one attached hydrogen (secondary N) is 2. The first-order valence-electron chi connectivity index (χ1n) is 7.24. The van der Waals surface area contributed by atoms with E-state index in [-0.39, 0.29) is 5.91 Å². The van der Waals surface area contributed by atoms with E-state index in [1.54, 1.807) is 0 Å². The number of hydrogen-bond acceptors (Lipinski definition) is 2. The van der Waals surface area contributed by atoms with Crippen molar-refractivity contribution < 1.29 is 4.79 Å². The van der Waals surface area contributed by atoms with Crippen LogP contribution in [0.4, 0.5) is 5.69 Å². The number of rotatable bonds is 5. The molecule has 1 unspecified atom stereocenters. The fraction of sp³-hybridized carbons (Fsp3) is 0.562. The third-order valence-corrected chi connectivity index (χ3v) is 4.53. The van der Waals surface area contributed by atoms with Gasteiger partial charge in [-0.25, -0.2) is 0 Å². The molecule has 0 spiro atoms. The summed E-state index contributed by atoms with van der Waals surface area (Å²) < 4.78 is 0. The van der Waals surface area contributed by atoms with E-state index in [2.05, 4.69) is 24.5 Å². The van der Waals surface area contributed by atoms with Crippen LogP contribution >= 0.6 is 0 Å². The molecule has 19 heavy (non-hydrogen) atoms. The van der Waals surface area contributed by atoms with Crippen molar-refractivity contribution in [3.05, 3.63) is 29.8 Å². The molecule has 0 heterocycles. The summed E-state index contributed by atoms with van der Waals surface area (Å²) in [6.07, 6.45) is 4.87. The first-order chi connectivity index (χ1) is 9.07. The summed E-state index contributed by atoms with van der Waals surface area (Å²) in [6.45, 7) is 4.56. The Morgan fingerprint density at radius 3 is 2.42 bits per heavy atom. The number of anilines is 1. The lowest BCUT2D eigenvalue weighted by Crippen LogP contribution is -2.26. The van der Waals surface area contributed by atoms with Crippen molar-refractivity contribution in [3.8, 4) is 0 Å². The number of benzene rings is 1. The fourth-order valence-corrected chi connectivity index (χ4v) is 2.27. The normalized spacial score (nSPS) is 21.6. The lowest BCUT2D eigenvalue weighted by Gasteiger charge is -2.21. The van der Waals surface area contributed by atoms with Gasteiger partial charge in [-0.3, -0.25) is 4.79 Å². The Labute approximate surface area is 114 Å². The summed E-state index contributed by atoms with van der Waals surface area (Å²) in [7, 11) is 0. The molecular formula is C16H22N2O. The van der Waals surface area contributed by atoms with Crippen LogP contribution in [0.25, 0.3) is 0 Å². The first-order valence-corrected chi connectivity index (χ1v) is 7.24. The third kappa shape index (κ3) is 2.91. The molecule has 2 N–H and O–H groups in total. The van der Waals surface area contributed by atoms with E-state index in [0.717, 1.165) is 24.1 Å². The Morgan fingerprint density at radius 1 is 1.26 bits per heavy atom. The number of carbonyl (C=O) groups excluding carboxylic acids is 1. The standard InChI is InChI=1S/C16H22N2O/c1-11(16(2)9-10-16)17-13-5-3-12(4-6-13)15(19)18-14-7-8-14/h3-6,11,14,17H,7-10H2,1-2H3,(H,18,19). The number of hydrogen-bond donors (Lipinski definition) is 2. The molecule has 2 saturated carbocycles. The lowest BCUT2D eigenvalue weighted by molar-refractivity contribution is 0.0951. The molecule has 0 aromatic heterocycles.